The fourth-order valence-corrected chi connectivity index (χ4v) is 3.02. The molecule has 0 radical (unpaired) electrons. The monoisotopic (exact) mass is 319 g/mol. The van der Waals surface area contributed by atoms with Crippen LogP contribution in [0.2, 0.25) is 5.15 Å². The maximum atomic E-state index is 12.3. The SMILES string of the molecule is O=S(=O)(Nc1cnc(Cl)cn1)c1ccc2ccccc2c1. The summed E-state index contributed by atoms with van der Waals surface area (Å²) in [6.07, 6.45) is 2.54. The minimum Gasteiger partial charge on any atom is -0.262 e. The molecular weight excluding hydrogens is 310 g/mol. The second-order valence-corrected chi connectivity index (χ2v) is 6.41. The van der Waals surface area contributed by atoms with E-state index in [1.165, 1.54) is 12.4 Å². The molecule has 5 nitrogen and oxygen atoms in total. The molecule has 1 heterocycles. The molecule has 3 rings (SSSR count). The summed E-state index contributed by atoms with van der Waals surface area (Å²) in [7, 11) is -3.71. The van der Waals surface area contributed by atoms with Gasteiger partial charge in [-0.1, -0.05) is 41.9 Å². The average Bonchev–Trinajstić information content (AvgIpc) is 2.49. The van der Waals surface area contributed by atoms with Crippen LogP contribution in [0.4, 0.5) is 5.82 Å². The number of benzene rings is 2. The second-order valence-electron chi connectivity index (χ2n) is 4.34. The van der Waals surface area contributed by atoms with Crippen molar-refractivity contribution in [2.75, 3.05) is 4.72 Å². The van der Waals surface area contributed by atoms with Crippen LogP contribution in [0.25, 0.3) is 10.8 Å². The van der Waals surface area contributed by atoms with Crippen molar-refractivity contribution in [1.29, 1.82) is 0 Å². The first-order chi connectivity index (χ1) is 10.0. The number of nitrogens with zero attached hydrogens (tertiary/aromatic N) is 2. The highest BCUT2D eigenvalue weighted by Gasteiger charge is 2.15. The number of hydrogen-bond donors (Lipinski definition) is 1. The van der Waals surface area contributed by atoms with Crippen LogP contribution >= 0.6 is 11.6 Å². The van der Waals surface area contributed by atoms with Gasteiger partial charge in [0.1, 0.15) is 5.15 Å². The van der Waals surface area contributed by atoms with Crippen LogP contribution < -0.4 is 4.72 Å². The Morgan fingerprint density at radius 3 is 2.43 bits per heavy atom. The van der Waals surface area contributed by atoms with Gasteiger partial charge >= 0.3 is 0 Å². The Morgan fingerprint density at radius 1 is 0.952 bits per heavy atom. The van der Waals surface area contributed by atoms with E-state index in [0.717, 1.165) is 10.8 Å². The van der Waals surface area contributed by atoms with Gasteiger partial charge in [0.2, 0.25) is 0 Å². The summed E-state index contributed by atoms with van der Waals surface area (Å²) >= 11 is 5.61. The molecule has 3 aromatic rings. The van der Waals surface area contributed by atoms with Crippen molar-refractivity contribution < 1.29 is 8.42 Å². The molecule has 7 heteroatoms. The van der Waals surface area contributed by atoms with E-state index < -0.39 is 10.0 Å². The van der Waals surface area contributed by atoms with Crippen molar-refractivity contribution in [3.63, 3.8) is 0 Å². The Balaban J connectivity index is 1.97. The third-order valence-corrected chi connectivity index (χ3v) is 4.44. The molecule has 0 saturated carbocycles. The van der Waals surface area contributed by atoms with Gasteiger partial charge in [0, 0.05) is 0 Å². The zero-order valence-corrected chi connectivity index (χ0v) is 12.3. The first kappa shape index (κ1) is 13.8. The van der Waals surface area contributed by atoms with Gasteiger partial charge < -0.3 is 0 Å². The van der Waals surface area contributed by atoms with E-state index in [4.69, 9.17) is 11.6 Å². The summed E-state index contributed by atoms with van der Waals surface area (Å²) < 4.78 is 27.0. The van der Waals surface area contributed by atoms with E-state index in [-0.39, 0.29) is 15.9 Å². The number of halogens is 1. The van der Waals surface area contributed by atoms with Gasteiger partial charge in [-0.25, -0.2) is 18.4 Å². The lowest BCUT2D eigenvalue weighted by atomic mass is 10.1. The Labute approximate surface area is 126 Å². The molecule has 1 aromatic heterocycles. The van der Waals surface area contributed by atoms with Gasteiger partial charge in [0.15, 0.2) is 5.82 Å². The number of nitrogens with one attached hydrogen (secondary N) is 1. The molecule has 0 saturated heterocycles. The largest absolute Gasteiger partial charge is 0.263 e. The van der Waals surface area contributed by atoms with E-state index in [2.05, 4.69) is 14.7 Å². The number of sulfonamides is 1. The lowest BCUT2D eigenvalue weighted by molar-refractivity contribution is 0.601. The summed E-state index contributed by atoms with van der Waals surface area (Å²) in [6, 6.07) is 12.5. The van der Waals surface area contributed by atoms with Crippen molar-refractivity contribution >= 4 is 38.2 Å². The summed E-state index contributed by atoms with van der Waals surface area (Å²) in [5.41, 5.74) is 0. The highest BCUT2D eigenvalue weighted by atomic mass is 35.5. The molecule has 2 aromatic carbocycles. The predicted octanol–water partition coefficient (Wildman–Crippen LogP) is 3.08. The van der Waals surface area contributed by atoms with E-state index in [0.29, 0.717) is 0 Å². The maximum Gasteiger partial charge on any atom is 0.263 e. The number of aromatic nitrogens is 2. The van der Waals surface area contributed by atoms with E-state index in [9.17, 15) is 8.42 Å². The molecule has 0 aliphatic carbocycles. The number of fused-ring (bicyclic) bond motifs is 1. The van der Waals surface area contributed by atoms with Crippen molar-refractivity contribution in [2.45, 2.75) is 4.90 Å². The quantitative estimate of drug-likeness (QED) is 0.805. The fraction of sp³-hybridized carbons (Fsp3) is 0. The van der Waals surface area contributed by atoms with E-state index in [1.807, 2.05) is 24.3 Å². The van der Waals surface area contributed by atoms with Gasteiger partial charge in [0.05, 0.1) is 17.3 Å². The Morgan fingerprint density at radius 2 is 1.71 bits per heavy atom. The normalized spacial score (nSPS) is 11.5. The van der Waals surface area contributed by atoms with Crippen LogP contribution in [0.3, 0.4) is 0 Å². The van der Waals surface area contributed by atoms with E-state index >= 15 is 0 Å². The minimum atomic E-state index is -3.71. The molecule has 0 aliphatic rings. The highest BCUT2D eigenvalue weighted by molar-refractivity contribution is 7.92. The molecule has 0 amide bonds. The average molecular weight is 320 g/mol. The van der Waals surface area contributed by atoms with E-state index in [1.54, 1.807) is 18.2 Å². The molecule has 0 spiro atoms. The van der Waals surface area contributed by atoms with Crippen molar-refractivity contribution in [3.8, 4) is 0 Å². The van der Waals surface area contributed by atoms with Crippen LogP contribution in [0, 0.1) is 0 Å². The zero-order valence-electron chi connectivity index (χ0n) is 10.7. The second kappa shape index (κ2) is 5.31. The number of hydrogen-bond acceptors (Lipinski definition) is 4. The molecule has 21 heavy (non-hydrogen) atoms. The van der Waals surface area contributed by atoms with Crippen LogP contribution in [-0.2, 0) is 10.0 Å². The predicted molar refractivity (Wildman–Crippen MR) is 81.8 cm³/mol. The first-order valence-corrected chi connectivity index (χ1v) is 7.90. The summed E-state index contributed by atoms with van der Waals surface area (Å²) in [5.74, 6) is 0.118. The standard InChI is InChI=1S/C14H10ClN3O2S/c15-13-8-17-14(9-16-13)18-21(19,20)12-6-5-10-3-1-2-4-11(10)7-12/h1-9H,(H,17,18). The van der Waals surface area contributed by atoms with Gasteiger partial charge in [0.25, 0.3) is 10.0 Å². The fourth-order valence-electron chi connectivity index (χ4n) is 1.90. The van der Waals surface area contributed by atoms with Gasteiger partial charge in [-0.05, 0) is 22.9 Å². The maximum absolute atomic E-state index is 12.3. The topological polar surface area (TPSA) is 72.0 Å². The lowest BCUT2D eigenvalue weighted by Gasteiger charge is -2.08. The van der Waals surface area contributed by atoms with Crippen molar-refractivity contribution in [3.05, 3.63) is 60.0 Å². The molecule has 106 valence electrons. The molecule has 0 aliphatic heterocycles. The smallest absolute Gasteiger partial charge is 0.262 e. The molecule has 0 atom stereocenters. The number of rotatable bonds is 3. The molecular formula is C14H10ClN3O2S. The molecule has 0 fully saturated rings. The highest BCUT2D eigenvalue weighted by Crippen LogP contribution is 2.20. The molecule has 1 N–H and O–H groups in total. The molecule has 0 bridgehead atoms. The number of anilines is 1. The molecule has 0 unspecified atom stereocenters. The van der Waals surface area contributed by atoms with Gasteiger partial charge in [-0.3, -0.25) is 4.72 Å². The summed E-state index contributed by atoms with van der Waals surface area (Å²) in [5, 5.41) is 2.02. The Kier molecular flexibility index (Phi) is 3.48. The van der Waals surface area contributed by atoms with Crippen molar-refractivity contribution in [1.82, 2.24) is 9.97 Å². The van der Waals surface area contributed by atoms with Crippen LogP contribution in [0.5, 0.6) is 0 Å². The minimum absolute atomic E-state index is 0.118. The zero-order chi connectivity index (χ0) is 14.9. The van der Waals surface area contributed by atoms with Crippen molar-refractivity contribution in [2.24, 2.45) is 0 Å². The lowest BCUT2D eigenvalue weighted by Crippen LogP contribution is -2.14. The summed E-state index contributed by atoms with van der Waals surface area (Å²) in [6.45, 7) is 0. The Bertz CT molecular complexity index is 895. The first-order valence-electron chi connectivity index (χ1n) is 6.04. The summed E-state index contributed by atoms with van der Waals surface area (Å²) in [4.78, 5) is 7.81. The third kappa shape index (κ3) is 2.96. The van der Waals surface area contributed by atoms with Crippen LogP contribution in [-0.4, -0.2) is 18.4 Å². The van der Waals surface area contributed by atoms with Gasteiger partial charge in [-0.15, -0.1) is 0 Å². The Hall–Kier alpha value is -2.18. The van der Waals surface area contributed by atoms with Crippen LogP contribution in [0.15, 0.2) is 59.8 Å². The van der Waals surface area contributed by atoms with Gasteiger partial charge in [-0.2, -0.15) is 0 Å². The third-order valence-electron chi connectivity index (χ3n) is 2.89. The van der Waals surface area contributed by atoms with Crippen LogP contribution in [0.1, 0.15) is 0 Å².